The molecule has 0 bridgehead atoms. The SMILES string of the molecule is CC.CC.Cc1ccc(C(C)P2(=O)Oc3ccccc3C(C)(C)O2)cc1. The number of hydrogen-bond donors (Lipinski definition) is 0. The van der Waals surface area contributed by atoms with Crippen molar-refractivity contribution in [2.75, 3.05) is 0 Å². The van der Waals surface area contributed by atoms with E-state index in [9.17, 15) is 4.57 Å². The van der Waals surface area contributed by atoms with Crippen LogP contribution in [-0.4, -0.2) is 0 Å². The number of hydrogen-bond acceptors (Lipinski definition) is 3. The first-order valence-corrected chi connectivity index (χ1v) is 11.1. The second-order valence-electron chi connectivity index (χ2n) is 6.32. The van der Waals surface area contributed by atoms with Crippen molar-refractivity contribution in [2.24, 2.45) is 0 Å². The summed E-state index contributed by atoms with van der Waals surface area (Å²) in [5, 5.41) is 0. The lowest BCUT2D eigenvalue weighted by Gasteiger charge is -2.39. The Balaban J connectivity index is 0.000000791. The molecule has 0 saturated heterocycles. The largest absolute Gasteiger partial charge is 0.424 e. The van der Waals surface area contributed by atoms with Gasteiger partial charge in [-0.3, -0.25) is 4.52 Å². The van der Waals surface area contributed by atoms with E-state index >= 15 is 0 Å². The molecule has 4 heteroatoms. The van der Waals surface area contributed by atoms with Crippen molar-refractivity contribution < 1.29 is 13.6 Å². The molecule has 2 atom stereocenters. The maximum absolute atomic E-state index is 13.4. The topological polar surface area (TPSA) is 35.5 Å². The number of fused-ring (bicyclic) bond motifs is 1. The van der Waals surface area contributed by atoms with Gasteiger partial charge in [-0.25, -0.2) is 4.57 Å². The fourth-order valence-electron chi connectivity index (χ4n) is 2.75. The van der Waals surface area contributed by atoms with Crippen LogP contribution < -0.4 is 4.52 Å². The zero-order valence-corrected chi connectivity index (χ0v) is 18.3. The molecule has 0 radical (unpaired) electrons. The highest BCUT2D eigenvalue weighted by atomic mass is 31.2. The summed E-state index contributed by atoms with van der Waals surface area (Å²) in [6, 6.07) is 15.6. The van der Waals surface area contributed by atoms with E-state index in [1.165, 1.54) is 5.56 Å². The van der Waals surface area contributed by atoms with E-state index in [1.807, 2.05) is 104 Å². The first kappa shape index (κ1) is 22.5. The van der Waals surface area contributed by atoms with Crippen LogP contribution in [0.15, 0.2) is 48.5 Å². The fraction of sp³-hybridized carbons (Fsp3) is 0.455. The second kappa shape index (κ2) is 9.39. The van der Waals surface area contributed by atoms with Crippen LogP contribution in [0.4, 0.5) is 0 Å². The van der Waals surface area contributed by atoms with Crippen LogP contribution in [0.25, 0.3) is 0 Å². The van der Waals surface area contributed by atoms with Gasteiger partial charge in [-0.1, -0.05) is 75.7 Å². The van der Waals surface area contributed by atoms with Crippen molar-refractivity contribution in [3.8, 4) is 5.75 Å². The van der Waals surface area contributed by atoms with Gasteiger partial charge < -0.3 is 4.52 Å². The third kappa shape index (κ3) is 4.78. The van der Waals surface area contributed by atoms with Crippen molar-refractivity contribution >= 4 is 7.60 Å². The van der Waals surface area contributed by atoms with Gasteiger partial charge in [0.15, 0.2) is 0 Å². The van der Waals surface area contributed by atoms with Gasteiger partial charge in [0.05, 0.1) is 5.66 Å². The van der Waals surface area contributed by atoms with Gasteiger partial charge in [0.2, 0.25) is 0 Å². The van der Waals surface area contributed by atoms with Gasteiger partial charge in [0.1, 0.15) is 11.4 Å². The Morgan fingerprint density at radius 3 is 2.04 bits per heavy atom. The Bertz CT molecular complexity index is 735. The molecule has 0 N–H and O–H groups in total. The minimum Gasteiger partial charge on any atom is -0.424 e. The van der Waals surface area contributed by atoms with Crippen molar-refractivity contribution in [2.45, 2.75) is 66.6 Å². The molecule has 3 rings (SSSR count). The summed E-state index contributed by atoms with van der Waals surface area (Å²) in [4.78, 5) is 0. The van der Waals surface area contributed by atoms with E-state index in [0.29, 0.717) is 5.75 Å². The minimum absolute atomic E-state index is 0.319. The van der Waals surface area contributed by atoms with Crippen LogP contribution in [0, 0.1) is 6.92 Å². The molecular formula is C22H33O3P. The molecule has 1 aliphatic rings. The number of para-hydroxylation sites is 1. The fourth-order valence-corrected chi connectivity index (χ4v) is 4.81. The summed E-state index contributed by atoms with van der Waals surface area (Å²) in [5.74, 6) is 0.654. The third-order valence-electron chi connectivity index (χ3n) is 4.15. The number of rotatable bonds is 2. The van der Waals surface area contributed by atoms with Crippen molar-refractivity contribution in [1.82, 2.24) is 0 Å². The Morgan fingerprint density at radius 2 is 1.46 bits per heavy atom. The van der Waals surface area contributed by atoms with Crippen LogP contribution in [0.5, 0.6) is 5.75 Å². The molecule has 0 fully saturated rings. The first-order valence-electron chi connectivity index (χ1n) is 9.48. The first-order chi connectivity index (χ1) is 12.3. The summed E-state index contributed by atoms with van der Waals surface area (Å²) in [6.07, 6.45) is 0. The molecule has 3 nitrogen and oxygen atoms in total. The molecular weight excluding hydrogens is 343 g/mol. The predicted molar refractivity (Wildman–Crippen MR) is 111 cm³/mol. The number of aryl methyl sites for hydroxylation is 1. The van der Waals surface area contributed by atoms with Crippen LogP contribution in [0.1, 0.15) is 70.8 Å². The van der Waals surface area contributed by atoms with E-state index < -0.39 is 13.2 Å². The molecule has 144 valence electrons. The number of benzene rings is 2. The molecule has 0 saturated carbocycles. The summed E-state index contributed by atoms with van der Waals surface area (Å²) in [6.45, 7) is 15.8. The smallest absolute Gasteiger partial charge is 0.387 e. The van der Waals surface area contributed by atoms with E-state index in [4.69, 9.17) is 9.05 Å². The van der Waals surface area contributed by atoms with Gasteiger partial charge in [-0.2, -0.15) is 0 Å². The average Bonchev–Trinajstić information content (AvgIpc) is 2.64. The second-order valence-corrected chi connectivity index (χ2v) is 8.53. The average molecular weight is 376 g/mol. The Hall–Kier alpha value is -1.57. The van der Waals surface area contributed by atoms with Crippen molar-refractivity contribution in [3.05, 3.63) is 65.2 Å². The molecule has 0 spiro atoms. The van der Waals surface area contributed by atoms with Gasteiger partial charge in [0, 0.05) is 5.56 Å². The normalized spacial score (nSPS) is 20.9. The van der Waals surface area contributed by atoms with E-state index in [0.717, 1.165) is 11.1 Å². The highest BCUT2D eigenvalue weighted by molar-refractivity contribution is 7.54. The summed E-state index contributed by atoms with van der Waals surface area (Å²) in [5.41, 5.74) is 2.11. The summed E-state index contributed by atoms with van der Waals surface area (Å²) >= 11 is 0. The van der Waals surface area contributed by atoms with Gasteiger partial charge >= 0.3 is 7.60 Å². The van der Waals surface area contributed by atoms with Gasteiger partial charge in [-0.05, 0) is 39.3 Å². The van der Waals surface area contributed by atoms with Crippen LogP contribution in [-0.2, 0) is 14.7 Å². The Labute approximate surface area is 159 Å². The quantitative estimate of drug-likeness (QED) is 0.505. The van der Waals surface area contributed by atoms with E-state index in [-0.39, 0.29) is 5.66 Å². The molecule has 2 unspecified atom stereocenters. The van der Waals surface area contributed by atoms with Gasteiger partial charge in [-0.15, -0.1) is 0 Å². The molecule has 26 heavy (non-hydrogen) atoms. The lowest BCUT2D eigenvalue weighted by Crippen LogP contribution is -2.28. The summed E-state index contributed by atoms with van der Waals surface area (Å²) in [7, 11) is -3.30. The van der Waals surface area contributed by atoms with Crippen LogP contribution in [0.2, 0.25) is 0 Å². The highest BCUT2D eigenvalue weighted by Gasteiger charge is 2.46. The Morgan fingerprint density at radius 1 is 0.923 bits per heavy atom. The highest BCUT2D eigenvalue weighted by Crippen LogP contribution is 2.67. The maximum Gasteiger partial charge on any atom is 0.387 e. The lowest BCUT2D eigenvalue weighted by molar-refractivity contribution is 0.0731. The van der Waals surface area contributed by atoms with Crippen molar-refractivity contribution in [1.29, 1.82) is 0 Å². The molecule has 0 amide bonds. The molecule has 0 aromatic heterocycles. The van der Waals surface area contributed by atoms with Crippen LogP contribution >= 0.6 is 7.60 Å². The zero-order chi connectivity index (χ0) is 20.0. The molecule has 2 aromatic rings. The zero-order valence-electron chi connectivity index (χ0n) is 17.4. The lowest BCUT2D eigenvalue weighted by atomic mass is 9.98. The van der Waals surface area contributed by atoms with Gasteiger partial charge in [0.25, 0.3) is 0 Å². The molecule has 1 heterocycles. The Kier molecular flexibility index (Phi) is 8.12. The maximum atomic E-state index is 13.4. The summed E-state index contributed by atoms with van der Waals surface area (Å²) < 4.78 is 25.2. The standard InChI is InChI=1S/C18H21O3P.2C2H6/c1-13-9-11-15(12-10-13)14(2)22(19)20-17-8-6-5-7-16(17)18(3,4)21-22;2*1-2/h5-12,14H,1-4H3;2*1-2H3. The van der Waals surface area contributed by atoms with Crippen LogP contribution in [0.3, 0.4) is 0 Å². The third-order valence-corrected chi connectivity index (χ3v) is 6.56. The van der Waals surface area contributed by atoms with Crippen molar-refractivity contribution in [3.63, 3.8) is 0 Å². The molecule has 0 aliphatic carbocycles. The van der Waals surface area contributed by atoms with E-state index in [1.54, 1.807) is 0 Å². The molecule has 1 aliphatic heterocycles. The monoisotopic (exact) mass is 376 g/mol. The van der Waals surface area contributed by atoms with E-state index in [2.05, 4.69) is 0 Å². The predicted octanol–water partition coefficient (Wildman–Crippen LogP) is 7.65. The molecule has 2 aromatic carbocycles. The minimum atomic E-state index is -3.30.